The van der Waals surface area contributed by atoms with Crippen LogP contribution in [0.1, 0.15) is 0 Å². The van der Waals surface area contributed by atoms with Crippen molar-refractivity contribution in [2.75, 3.05) is 0 Å². The summed E-state index contributed by atoms with van der Waals surface area (Å²) in [5.41, 5.74) is 5.79. The van der Waals surface area contributed by atoms with E-state index in [0.29, 0.717) is 0 Å². The third-order valence-corrected chi connectivity index (χ3v) is 3.38. The van der Waals surface area contributed by atoms with E-state index in [1.54, 1.807) is 0 Å². The zero-order chi connectivity index (χ0) is 13.4. The number of aromatic nitrogens is 2. The molecule has 0 spiro atoms. The van der Waals surface area contributed by atoms with Crippen molar-refractivity contribution in [3.63, 3.8) is 0 Å². The van der Waals surface area contributed by atoms with Gasteiger partial charge >= 0.3 is 0 Å². The minimum Gasteiger partial charge on any atom is -0.244 e. The van der Waals surface area contributed by atoms with Gasteiger partial charge in [0.25, 0.3) is 0 Å². The van der Waals surface area contributed by atoms with Gasteiger partial charge in [-0.05, 0) is 17.7 Å². The summed E-state index contributed by atoms with van der Waals surface area (Å²) in [7, 11) is 0. The minimum atomic E-state index is 0.809. The molecule has 0 fully saturated rings. The number of benzene rings is 3. The fourth-order valence-corrected chi connectivity index (χ4v) is 2.43. The number of hydrogen-bond donors (Lipinski definition) is 0. The number of para-hydroxylation sites is 2. The largest absolute Gasteiger partial charge is 0.244 e. The third-order valence-electron chi connectivity index (χ3n) is 3.38. The van der Waals surface area contributed by atoms with Crippen molar-refractivity contribution in [1.82, 2.24) is 9.97 Å². The molecular weight excluding hydrogens is 244 g/mol. The third kappa shape index (κ3) is 1.74. The Bertz CT molecular complexity index is 899. The molecule has 4 aromatic rings. The maximum atomic E-state index is 4.74. The first-order chi connectivity index (χ1) is 9.92. The van der Waals surface area contributed by atoms with E-state index in [1.807, 2.05) is 48.5 Å². The Morgan fingerprint density at radius 3 is 2.45 bits per heavy atom. The smallest absolute Gasteiger partial charge is 0.0973 e. The van der Waals surface area contributed by atoms with Crippen LogP contribution in [0.4, 0.5) is 0 Å². The van der Waals surface area contributed by atoms with Gasteiger partial charge in [-0.15, -0.1) is 0 Å². The second kappa shape index (κ2) is 4.42. The summed E-state index contributed by atoms with van der Waals surface area (Å²) in [5.74, 6) is 0. The Kier molecular flexibility index (Phi) is 2.46. The van der Waals surface area contributed by atoms with Crippen LogP contribution in [-0.2, 0) is 0 Å². The molecule has 1 radical (unpaired) electrons. The van der Waals surface area contributed by atoms with Crippen molar-refractivity contribution >= 4 is 22.1 Å². The van der Waals surface area contributed by atoms with Crippen molar-refractivity contribution in [3.8, 4) is 11.1 Å². The molecule has 4 rings (SSSR count). The lowest BCUT2D eigenvalue weighted by Gasteiger charge is -2.06. The van der Waals surface area contributed by atoms with Crippen molar-refractivity contribution in [2.45, 2.75) is 0 Å². The molecular formula is C18H11N2. The van der Waals surface area contributed by atoms with Crippen LogP contribution in [-0.4, -0.2) is 9.97 Å². The Morgan fingerprint density at radius 1 is 0.700 bits per heavy atom. The van der Waals surface area contributed by atoms with Crippen molar-refractivity contribution < 1.29 is 0 Å². The van der Waals surface area contributed by atoms with Crippen LogP contribution in [0.25, 0.3) is 33.2 Å². The number of rotatable bonds is 1. The fourth-order valence-electron chi connectivity index (χ4n) is 2.43. The summed E-state index contributed by atoms with van der Waals surface area (Å²) in [6, 6.07) is 25.3. The van der Waals surface area contributed by atoms with E-state index in [-0.39, 0.29) is 0 Å². The van der Waals surface area contributed by atoms with Crippen molar-refractivity contribution in [2.24, 2.45) is 0 Å². The summed E-state index contributed by atoms with van der Waals surface area (Å²) >= 11 is 0. The average Bonchev–Trinajstić information content (AvgIpc) is 2.53. The van der Waals surface area contributed by atoms with Crippen LogP contribution in [0.5, 0.6) is 0 Å². The van der Waals surface area contributed by atoms with E-state index < -0.39 is 0 Å². The van der Waals surface area contributed by atoms with Gasteiger partial charge < -0.3 is 0 Å². The van der Waals surface area contributed by atoms with Gasteiger partial charge in [-0.25, -0.2) is 9.97 Å². The molecule has 1 heterocycles. The van der Waals surface area contributed by atoms with Crippen molar-refractivity contribution in [1.29, 1.82) is 0 Å². The van der Waals surface area contributed by atoms with E-state index in [1.165, 1.54) is 0 Å². The lowest BCUT2D eigenvalue weighted by molar-refractivity contribution is 1.39. The molecule has 0 saturated carbocycles. The maximum Gasteiger partial charge on any atom is 0.0973 e. The Balaban J connectivity index is 2.09. The SMILES string of the molecule is [c]1cccc2nc3cccc(-c4ccccc4)c3nc12. The molecule has 2 nitrogen and oxygen atoms in total. The maximum absolute atomic E-state index is 4.74. The standard InChI is InChI=1S/C18H11N2/c1-2-7-13(8-3-1)14-9-6-12-17-18(14)20-16-11-5-4-10-15(16)19-17/h1-10,12H. The van der Waals surface area contributed by atoms with Crippen LogP contribution in [0, 0.1) is 6.07 Å². The highest BCUT2D eigenvalue weighted by molar-refractivity contribution is 5.95. The molecule has 0 aliphatic heterocycles. The molecule has 0 aliphatic rings. The highest BCUT2D eigenvalue weighted by Gasteiger charge is 2.07. The lowest BCUT2D eigenvalue weighted by Crippen LogP contribution is -1.90. The first kappa shape index (κ1) is 11.1. The molecule has 0 aliphatic carbocycles. The van der Waals surface area contributed by atoms with E-state index in [9.17, 15) is 0 Å². The van der Waals surface area contributed by atoms with Gasteiger partial charge in [-0.2, -0.15) is 0 Å². The van der Waals surface area contributed by atoms with Gasteiger partial charge in [-0.3, -0.25) is 0 Å². The number of hydrogen-bond acceptors (Lipinski definition) is 2. The van der Waals surface area contributed by atoms with Gasteiger partial charge in [0.15, 0.2) is 0 Å². The monoisotopic (exact) mass is 255 g/mol. The van der Waals surface area contributed by atoms with E-state index in [2.05, 4.69) is 29.2 Å². The normalized spacial score (nSPS) is 11.0. The second-order valence-corrected chi connectivity index (χ2v) is 4.67. The van der Waals surface area contributed by atoms with Gasteiger partial charge in [0, 0.05) is 11.6 Å². The highest BCUT2D eigenvalue weighted by Crippen LogP contribution is 2.27. The quantitative estimate of drug-likeness (QED) is 0.475. The Labute approximate surface area is 116 Å². The first-order valence-corrected chi connectivity index (χ1v) is 6.54. The zero-order valence-electron chi connectivity index (χ0n) is 10.7. The molecule has 93 valence electrons. The molecule has 1 aromatic heterocycles. The molecule has 0 bridgehead atoms. The predicted molar refractivity (Wildman–Crippen MR) is 81.3 cm³/mol. The van der Waals surface area contributed by atoms with E-state index >= 15 is 0 Å². The van der Waals surface area contributed by atoms with Gasteiger partial charge in [-0.1, -0.05) is 54.6 Å². The Morgan fingerprint density at radius 2 is 1.55 bits per heavy atom. The molecule has 20 heavy (non-hydrogen) atoms. The zero-order valence-corrected chi connectivity index (χ0v) is 10.7. The van der Waals surface area contributed by atoms with Gasteiger partial charge in [0.1, 0.15) is 0 Å². The minimum absolute atomic E-state index is 0.809. The fraction of sp³-hybridized carbons (Fsp3) is 0. The second-order valence-electron chi connectivity index (χ2n) is 4.67. The first-order valence-electron chi connectivity index (χ1n) is 6.54. The molecule has 0 N–H and O–H groups in total. The average molecular weight is 255 g/mol. The lowest BCUT2D eigenvalue weighted by atomic mass is 10.0. The van der Waals surface area contributed by atoms with Gasteiger partial charge in [0.2, 0.25) is 0 Å². The molecule has 0 unspecified atom stereocenters. The van der Waals surface area contributed by atoms with Crippen LogP contribution in [0.15, 0.2) is 66.7 Å². The summed E-state index contributed by atoms with van der Waals surface area (Å²) in [6.07, 6.45) is 0. The predicted octanol–water partition coefficient (Wildman–Crippen LogP) is 4.25. The highest BCUT2D eigenvalue weighted by atomic mass is 14.8. The van der Waals surface area contributed by atoms with Gasteiger partial charge in [0.05, 0.1) is 22.1 Å². The Hall–Kier alpha value is -2.74. The molecule has 0 atom stereocenters. The van der Waals surface area contributed by atoms with Crippen LogP contribution in [0.2, 0.25) is 0 Å². The molecule has 0 amide bonds. The molecule has 2 heteroatoms. The summed E-state index contributed by atoms with van der Waals surface area (Å²) in [6.45, 7) is 0. The van der Waals surface area contributed by atoms with Crippen LogP contribution >= 0.6 is 0 Å². The van der Waals surface area contributed by atoms with Crippen LogP contribution in [0.3, 0.4) is 0 Å². The summed E-state index contributed by atoms with van der Waals surface area (Å²) in [5, 5.41) is 0. The van der Waals surface area contributed by atoms with E-state index in [0.717, 1.165) is 33.2 Å². The van der Waals surface area contributed by atoms with Crippen molar-refractivity contribution in [3.05, 3.63) is 72.8 Å². The number of fused-ring (bicyclic) bond motifs is 2. The molecule has 0 saturated heterocycles. The van der Waals surface area contributed by atoms with Crippen LogP contribution < -0.4 is 0 Å². The summed E-state index contributed by atoms with van der Waals surface area (Å²) in [4.78, 5) is 9.41. The number of nitrogens with zero attached hydrogens (tertiary/aromatic N) is 2. The van der Waals surface area contributed by atoms with E-state index in [4.69, 9.17) is 4.98 Å². The molecule has 3 aromatic carbocycles. The topological polar surface area (TPSA) is 25.8 Å². The summed E-state index contributed by atoms with van der Waals surface area (Å²) < 4.78 is 0.